The average molecular weight is 367 g/mol. The first-order valence-corrected chi connectivity index (χ1v) is 9.03. The van der Waals surface area contributed by atoms with Crippen LogP contribution in [0.4, 0.5) is 5.69 Å². The van der Waals surface area contributed by atoms with Gasteiger partial charge < -0.3 is 14.8 Å². The van der Waals surface area contributed by atoms with Crippen molar-refractivity contribution in [2.75, 3.05) is 18.5 Å². The molecule has 0 heterocycles. The van der Waals surface area contributed by atoms with Gasteiger partial charge in [0, 0.05) is 23.7 Å². The fourth-order valence-electron chi connectivity index (χ4n) is 2.51. The van der Waals surface area contributed by atoms with Gasteiger partial charge in [-0.2, -0.15) is 0 Å². The van der Waals surface area contributed by atoms with Crippen LogP contribution in [0.15, 0.2) is 48.5 Å². The fourth-order valence-corrected chi connectivity index (χ4v) is 2.51. The molecule has 0 radical (unpaired) electrons. The van der Waals surface area contributed by atoms with Crippen LogP contribution in [0.2, 0.25) is 0 Å². The van der Waals surface area contributed by atoms with E-state index in [4.69, 9.17) is 9.47 Å². The highest BCUT2D eigenvalue weighted by atomic mass is 16.5. The van der Waals surface area contributed by atoms with Crippen LogP contribution >= 0.6 is 0 Å². The molecule has 0 saturated carbocycles. The van der Waals surface area contributed by atoms with E-state index < -0.39 is 0 Å². The van der Waals surface area contributed by atoms with Crippen molar-refractivity contribution in [2.45, 2.75) is 27.2 Å². The zero-order valence-electron chi connectivity index (χ0n) is 16.0. The van der Waals surface area contributed by atoms with Crippen LogP contribution in [0.25, 0.3) is 6.08 Å². The number of para-hydroxylation sites is 1. The Bertz CT molecular complexity index is 827. The molecule has 0 unspecified atom stereocenters. The number of allylic oxidation sites excluding steroid dienone is 1. The molecule has 0 aliphatic rings. The first kappa shape index (κ1) is 20.2. The van der Waals surface area contributed by atoms with Crippen LogP contribution in [-0.2, 0) is 4.79 Å². The lowest BCUT2D eigenvalue weighted by Crippen LogP contribution is -2.06. The minimum Gasteiger partial charge on any atom is -0.490 e. The Labute approximate surface area is 160 Å². The van der Waals surface area contributed by atoms with E-state index in [9.17, 15) is 9.59 Å². The summed E-state index contributed by atoms with van der Waals surface area (Å²) < 4.78 is 11.5. The van der Waals surface area contributed by atoms with Gasteiger partial charge >= 0.3 is 0 Å². The summed E-state index contributed by atoms with van der Waals surface area (Å²) in [6.45, 7) is 6.47. The molecule has 0 saturated heterocycles. The first-order valence-electron chi connectivity index (χ1n) is 9.03. The van der Waals surface area contributed by atoms with Crippen molar-refractivity contribution in [3.05, 3.63) is 59.7 Å². The van der Waals surface area contributed by atoms with Gasteiger partial charge in [0.15, 0.2) is 17.3 Å². The Morgan fingerprint density at radius 3 is 2.56 bits per heavy atom. The second-order valence-electron chi connectivity index (χ2n) is 5.92. The molecule has 0 fully saturated rings. The number of ether oxygens (including phenoxy) is 2. The molecule has 2 aromatic carbocycles. The summed E-state index contributed by atoms with van der Waals surface area (Å²) >= 11 is 0. The number of hydrogen-bond donors (Lipinski definition) is 1. The van der Waals surface area contributed by atoms with Crippen LogP contribution < -0.4 is 14.8 Å². The first-order chi connectivity index (χ1) is 13.0. The van der Waals surface area contributed by atoms with Gasteiger partial charge in [-0.05, 0) is 43.7 Å². The maximum Gasteiger partial charge on any atom is 0.221 e. The molecular weight excluding hydrogens is 342 g/mol. The molecule has 2 aromatic rings. The maximum atomic E-state index is 12.5. The lowest BCUT2D eigenvalue weighted by molar-refractivity contribution is -0.114. The number of hydrogen-bond acceptors (Lipinski definition) is 4. The van der Waals surface area contributed by atoms with Crippen LogP contribution in [0.5, 0.6) is 11.5 Å². The van der Waals surface area contributed by atoms with Crippen molar-refractivity contribution in [2.24, 2.45) is 0 Å². The largest absolute Gasteiger partial charge is 0.490 e. The Hall–Kier alpha value is -3.08. The predicted molar refractivity (Wildman–Crippen MR) is 108 cm³/mol. The third kappa shape index (κ3) is 5.99. The topological polar surface area (TPSA) is 64.6 Å². The molecular formula is C22H25NO4. The molecule has 5 nitrogen and oxygen atoms in total. The van der Waals surface area contributed by atoms with Gasteiger partial charge in [-0.1, -0.05) is 31.2 Å². The number of nitrogens with one attached hydrogen (secondary N) is 1. The van der Waals surface area contributed by atoms with E-state index in [-0.39, 0.29) is 11.7 Å². The van der Waals surface area contributed by atoms with Crippen LogP contribution in [0.1, 0.15) is 43.1 Å². The highest BCUT2D eigenvalue weighted by molar-refractivity contribution is 6.07. The highest BCUT2D eigenvalue weighted by Crippen LogP contribution is 2.32. The number of rotatable bonds is 9. The van der Waals surface area contributed by atoms with E-state index in [2.05, 4.69) is 5.32 Å². The standard InChI is InChI=1S/C22H25NO4/c1-4-14-27-22-17(8-7-11-21(22)26-5-2)12-13-20(25)18-9-6-10-19(15-18)23-16(3)24/h6-13,15H,4-5,14H2,1-3H3,(H,23,24)/b13-12+. The summed E-state index contributed by atoms with van der Waals surface area (Å²) in [6, 6.07) is 12.4. The van der Waals surface area contributed by atoms with Crippen molar-refractivity contribution in [1.29, 1.82) is 0 Å². The molecule has 5 heteroatoms. The molecule has 142 valence electrons. The Morgan fingerprint density at radius 2 is 1.85 bits per heavy atom. The normalized spacial score (nSPS) is 10.6. The summed E-state index contributed by atoms with van der Waals surface area (Å²) in [4.78, 5) is 23.7. The maximum absolute atomic E-state index is 12.5. The number of carbonyl (C=O) groups is 2. The summed E-state index contributed by atoms with van der Waals surface area (Å²) in [5, 5.41) is 2.68. The summed E-state index contributed by atoms with van der Waals surface area (Å²) in [7, 11) is 0. The van der Waals surface area contributed by atoms with Gasteiger partial charge in [-0.15, -0.1) is 0 Å². The lowest BCUT2D eigenvalue weighted by atomic mass is 10.1. The molecule has 27 heavy (non-hydrogen) atoms. The number of ketones is 1. The zero-order chi connectivity index (χ0) is 19.6. The van der Waals surface area contributed by atoms with Crippen LogP contribution in [-0.4, -0.2) is 24.9 Å². The third-order valence-electron chi connectivity index (χ3n) is 3.64. The van der Waals surface area contributed by atoms with E-state index in [1.165, 1.54) is 13.0 Å². The van der Waals surface area contributed by atoms with Crippen molar-refractivity contribution >= 4 is 23.5 Å². The lowest BCUT2D eigenvalue weighted by Gasteiger charge is -2.13. The minimum atomic E-state index is -0.180. The van der Waals surface area contributed by atoms with Crippen molar-refractivity contribution in [1.82, 2.24) is 0 Å². The van der Waals surface area contributed by atoms with E-state index in [1.54, 1.807) is 30.3 Å². The second-order valence-corrected chi connectivity index (χ2v) is 5.92. The number of carbonyl (C=O) groups excluding carboxylic acids is 2. The molecule has 0 aliphatic carbocycles. The predicted octanol–water partition coefficient (Wildman–Crippen LogP) is 4.73. The number of anilines is 1. The van der Waals surface area contributed by atoms with Gasteiger partial charge in [0.05, 0.1) is 13.2 Å². The van der Waals surface area contributed by atoms with E-state index in [1.807, 2.05) is 32.0 Å². The van der Waals surface area contributed by atoms with Gasteiger partial charge in [-0.25, -0.2) is 0 Å². The number of amides is 1. The summed E-state index contributed by atoms with van der Waals surface area (Å²) in [6.07, 6.45) is 4.09. The van der Waals surface area contributed by atoms with Gasteiger partial charge in [0.1, 0.15) is 0 Å². The van der Waals surface area contributed by atoms with Crippen LogP contribution in [0, 0.1) is 0 Å². The Morgan fingerprint density at radius 1 is 1.07 bits per heavy atom. The van der Waals surface area contributed by atoms with Gasteiger partial charge in [0.25, 0.3) is 0 Å². The quantitative estimate of drug-likeness (QED) is 0.514. The monoisotopic (exact) mass is 367 g/mol. The molecule has 0 bridgehead atoms. The van der Waals surface area contributed by atoms with Gasteiger partial charge in [-0.3, -0.25) is 9.59 Å². The van der Waals surface area contributed by atoms with E-state index >= 15 is 0 Å². The molecule has 1 N–H and O–H groups in total. The minimum absolute atomic E-state index is 0.162. The molecule has 0 spiro atoms. The second kappa shape index (κ2) is 10.2. The smallest absolute Gasteiger partial charge is 0.221 e. The van der Waals surface area contributed by atoms with Crippen LogP contribution in [0.3, 0.4) is 0 Å². The highest BCUT2D eigenvalue weighted by Gasteiger charge is 2.10. The fraction of sp³-hybridized carbons (Fsp3) is 0.273. The summed E-state index contributed by atoms with van der Waals surface area (Å²) in [5.74, 6) is 0.955. The molecule has 0 atom stereocenters. The van der Waals surface area contributed by atoms with Gasteiger partial charge in [0.2, 0.25) is 5.91 Å². The zero-order valence-corrected chi connectivity index (χ0v) is 16.0. The van der Waals surface area contributed by atoms with E-state index in [0.29, 0.717) is 36.0 Å². The molecule has 0 aromatic heterocycles. The molecule has 2 rings (SSSR count). The molecule has 0 aliphatic heterocycles. The van der Waals surface area contributed by atoms with Crippen molar-refractivity contribution < 1.29 is 19.1 Å². The number of benzene rings is 2. The Kier molecular flexibility index (Phi) is 7.62. The van der Waals surface area contributed by atoms with Crippen molar-refractivity contribution in [3.8, 4) is 11.5 Å². The third-order valence-corrected chi connectivity index (χ3v) is 3.64. The van der Waals surface area contributed by atoms with Crippen molar-refractivity contribution in [3.63, 3.8) is 0 Å². The molecule has 1 amide bonds. The average Bonchev–Trinajstić information content (AvgIpc) is 2.65. The van der Waals surface area contributed by atoms with E-state index in [0.717, 1.165) is 12.0 Å². The SMILES string of the molecule is CCCOc1c(/C=C/C(=O)c2cccc(NC(C)=O)c2)cccc1OCC. The Balaban J connectivity index is 2.25. The summed E-state index contributed by atoms with van der Waals surface area (Å²) in [5.41, 5.74) is 1.86.